The van der Waals surface area contributed by atoms with Crippen LogP contribution in [0, 0.1) is 0 Å². The summed E-state index contributed by atoms with van der Waals surface area (Å²) >= 11 is 0. The highest BCUT2D eigenvalue weighted by molar-refractivity contribution is 5.53. The molecule has 0 bridgehead atoms. The third kappa shape index (κ3) is 1.71. The van der Waals surface area contributed by atoms with Gasteiger partial charge in [0.1, 0.15) is 6.33 Å². The van der Waals surface area contributed by atoms with Crippen molar-refractivity contribution in [1.29, 1.82) is 0 Å². The van der Waals surface area contributed by atoms with Crippen LogP contribution in [0.2, 0.25) is 0 Å². The van der Waals surface area contributed by atoms with Crippen LogP contribution in [-0.4, -0.2) is 14.8 Å². The van der Waals surface area contributed by atoms with E-state index in [1.54, 1.807) is 11.0 Å². The zero-order valence-electron chi connectivity index (χ0n) is 7.96. The lowest BCUT2D eigenvalue weighted by atomic mass is 10.2. The molecular weight excluding hydrogens is 174 g/mol. The van der Waals surface area contributed by atoms with Crippen LogP contribution in [-0.2, 0) is 0 Å². The first-order chi connectivity index (χ1) is 6.90. The van der Waals surface area contributed by atoms with Crippen molar-refractivity contribution in [3.63, 3.8) is 0 Å². The van der Waals surface area contributed by atoms with Gasteiger partial charge in [-0.3, -0.25) is 0 Å². The minimum Gasteiger partial charge on any atom is -0.228 e. The molecule has 0 radical (unpaired) electrons. The molecule has 70 valence electrons. The molecule has 0 N–H and O–H groups in total. The zero-order chi connectivity index (χ0) is 9.80. The molecule has 3 nitrogen and oxygen atoms in total. The van der Waals surface area contributed by atoms with Gasteiger partial charge in [-0.2, -0.15) is 0 Å². The van der Waals surface area contributed by atoms with Gasteiger partial charge in [-0.1, -0.05) is 36.4 Å². The van der Waals surface area contributed by atoms with Crippen molar-refractivity contribution in [2.24, 2.45) is 0 Å². The SMILES string of the molecule is C/C=C/n1cnc(-c2ccccc2)n1. The molecule has 0 saturated carbocycles. The summed E-state index contributed by atoms with van der Waals surface area (Å²) in [5.74, 6) is 0.753. The second-order valence-corrected chi connectivity index (χ2v) is 2.90. The Morgan fingerprint density at radius 2 is 2.00 bits per heavy atom. The van der Waals surface area contributed by atoms with E-state index in [2.05, 4.69) is 10.1 Å². The molecule has 0 spiro atoms. The first-order valence-electron chi connectivity index (χ1n) is 4.49. The molecule has 2 rings (SSSR count). The Hall–Kier alpha value is -1.90. The molecule has 3 heteroatoms. The maximum atomic E-state index is 4.29. The summed E-state index contributed by atoms with van der Waals surface area (Å²) in [6.45, 7) is 1.95. The van der Waals surface area contributed by atoms with Gasteiger partial charge in [-0.05, 0) is 6.92 Å². The number of hydrogen-bond acceptors (Lipinski definition) is 2. The van der Waals surface area contributed by atoms with E-state index < -0.39 is 0 Å². The number of hydrogen-bond donors (Lipinski definition) is 0. The lowest BCUT2D eigenvalue weighted by molar-refractivity contribution is 0.936. The summed E-state index contributed by atoms with van der Waals surface area (Å²) in [7, 11) is 0. The minimum absolute atomic E-state index is 0.753. The van der Waals surface area contributed by atoms with E-state index in [-0.39, 0.29) is 0 Å². The molecule has 1 heterocycles. The fraction of sp³-hybridized carbons (Fsp3) is 0.0909. The van der Waals surface area contributed by atoms with E-state index in [4.69, 9.17) is 0 Å². The fourth-order valence-corrected chi connectivity index (χ4v) is 1.22. The van der Waals surface area contributed by atoms with Crippen molar-refractivity contribution in [3.05, 3.63) is 42.7 Å². The number of allylic oxidation sites excluding steroid dienone is 1. The van der Waals surface area contributed by atoms with Crippen LogP contribution in [0.15, 0.2) is 42.7 Å². The van der Waals surface area contributed by atoms with Crippen molar-refractivity contribution < 1.29 is 0 Å². The van der Waals surface area contributed by atoms with E-state index in [0.29, 0.717) is 0 Å². The van der Waals surface area contributed by atoms with Gasteiger partial charge in [0.15, 0.2) is 5.82 Å². The second kappa shape index (κ2) is 3.87. The van der Waals surface area contributed by atoms with Gasteiger partial charge in [0, 0.05) is 11.8 Å². The van der Waals surface area contributed by atoms with E-state index in [9.17, 15) is 0 Å². The maximum absolute atomic E-state index is 4.29. The van der Waals surface area contributed by atoms with Crippen LogP contribution in [0.4, 0.5) is 0 Å². The van der Waals surface area contributed by atoms with Gasteiger partial charge in [0.2, 0.25) is 0 Å². The normalized spacial score (nSPS) is 10.9. The summed E-state index contributed by atoms with van der Waals surface area (Å²) in [4.78, 5) is 4.21. The summed E-state index contributed by atoms with van der Waals surface area (Å²) in [6.07, 6.45) is 5.48. The van der Waals surface area contributed by atoms with Crippen molar-refractivity contribution in [2.75, 3.05) is 0 Å². The summed E-state index contributed by atoms with van der Waals surface area (Å²) in [5.41, 5.74) is 1.04. The third-order valence-electron chi connectivity index (χ3n) is 1.84. The first-order valence-corrected chi connectivity index (χ1v) is 4.49. The van der Waals surface area contributed by atoms with Crippen molar-refractivity contribution in [3.8, 4) is 11.4 Å². The number of benzene rings is 1. The lowest BCUT2D eigenvalue weighted by Crippen LogP contribution is -1.86. The van der Waals surface area contributed by atoms with Gasteiger partial charge in [0.25, 0.3) is 0 Å². The minimum atomic E-state index is 0.753. The van der Waals surface area contributed by atoms with Gasteiger partial charge in [-0.25, -0.2) is 9.67 Å². The van der Waals surface area contributed by atoms with E-state index in [0.717, 1.165) is 11.4 Å². The van der Waals surface area contributed by atoms with Crippen LogP contribution in [0.1, 0.15) is 6.92 Å². The Kier molecular flexibility index (Phi) is 2.40. The standard InChI is InChI=1S/C11H11N3/c1-2-8-14-9-12-11(13-14)10-6-4-3-5-7-10/h2-9H,1H3/b8-2+. The van der Waals surface area contributed by atoms with Gasteiger partial charge in [0.05, 0.1) is 0 Å². The van der Waals surface area contributed by atoms with Crippen LogP contribution in [0.3, 0.4) is 0 Å². The second-order valence-electron chi connectivity index (χ2n) is 2.90. The molecule has 0 aliphatic rings. The average Bonchev–Trinajstić information content (AvgIpc) is 2.68. The first kappa shape index (κ1) is 8.69. The Morgan fingerprint density at radius 3 is 2.71 bits per heavy atom. The Labute approximate surface area is 82.7 Å². The van der Waals surface area contributed by atoms with Crippen LogP contribution < -0.4 is 0 Å². The highest BCUT2D eigenvalue weighted by Crippen LogP contribution is 2.12. The summed E-state index contributed by atoms with van der Waals surface area (Å²) in [5, 5.41) is 4.29. The quantitative estimate of drug-likeness (QED) is 0.719. The van der Waals surface area contributed by atoms with E-state index >= 15 is 0 Å². The fourth-order valence-electron chi connectivity index (χ4n) is 1.22. The largest absolute Gasteiger partial charge is 0.228 e. The summed E-state index contributed by atoms with van der Waals surface area (Å²) < 4.78 is 1.70. The molecule has 1 aromatic carbocycles. The molecule has 0 amide bonds. The molecule has 0 fully saturated rings. The number of rotatable bonds is 2. The van der Waals surface area contributed by atoms with Crippen molar-refractivity contribution >= 4 is 6.20 Å². The average molecular weight is 185 g/mol. The molecule has 1 aromatic heterocycles. The molecule has 0 unspecified atom stereocenters. The molecule has 14 heavy (non-hydrogen) atoms. The van der Waals surface area contributed by atoms with E-state index in [1.807, 2.05) is 49.5 Å². The topological polar surface area (TPSA) is 30.7 Å². The van der Waals surface area contributed by atoms with E-state index in [1.165, 1.54) is 0 Å². The monoisotopic (exact) mass is 185 g/mol. The Balaban J connectivity index is 2.34. The molecule has 0 aliphatic heterocycles. The van der Waals surface area contributed by atoms with Gasteiger partial charge < -0.3 is 0 Å². The molecule has 2 aromatic rings. The van der Waals surface area contributed by atoms with Crippen LogP contribution in [0.25, 0.3) is 17.6 Å². The highest BCUT2D eigenvalue weighted by atomic mass is 15.3. The van der Waals surface area contributed by atoms with Crippen molar-refractivity contribution in [2.45, 2.75) is 6.92 Å². The number of aromatic nitrogens is 3. The smallest absolute Gasteiger partial charge is 0.181 e. The predicted molar refractivity (Wildman–Crippen MR) is 56.5 cm³/mol. The number of nitrogens with zero attached hydrogens (tertiary/aromatic N) is 3. The maximum Gasteiger partial charge on any atom is 0.181 e. The van der Waals surface area contributed by atoms with Crippen LogP contribution >= 0.6 is 0 Å². The molecular formula is C11H11N3. The van der Waals surface area contributed by atoms with Crippen molar-refractivity contribution in [1.82, 2.24) is 14.8 Å². The Morgan fingerprint density at radius 1 is 1.21 bits per heavy atom. The molecule has 0 atom stereocenters. The Bertz CT molecular complexity index is 429. The van der Waals surface area contributed by atoms with Crippen LogP contribution in [0.5, 0.6) is 0 Å². The third-order valence-corrected chi connectivity index (χ3v) is 1.84. The highest BCUT2D eigenvalue weighted by Gasteiger charge is 2.00. The predicted octanol–water partition coefficient (Wildman–Crippen LogP) is 2.44. The molecule has 0 aliphatic carbocycles. The lowest BCUT2D eigenvalue weighted by Gasteiger charge is -1.92. The van der Waals surface area contributed by atoms with Gasteiger partial charge in [-0.15, -0.1) is 5.10 Å². The molecule has 0 saturated heterocycles. The summed E-state index contributed by atoms with van der Waals surface area (Å²) in [6, 6.07) is 9.93. The zero-order valence-corrected chi connectivity index (χ0v) is 7.96. The van der Waals surface area contributed by atoms with Gasteiger partial charge >= 0.3 is 0 Å².